The Labute approximate surface area is 112 Å². The zero-order valence-electron chi connectivity index (χ0n) is 11.8. The summed E-state index contributed by atoms with van der Waals surface area (Å²) in [5, 5.41) is 2.52. The van der Waals surface area contributed by atoms with E-state index in [4.69, 9.17) is 4.74 Å². The van der Waals surface area contributed by atoms with E-state index in [1.54, 1.807) is 27.4 Å². The van der Waals surface area contributed by atoms with E-state index in [0.717, 1.165) is 0 Å². The van der Waals surface area contributed by atoms with Crippen LogP contribution in [0.1, 0.15) is 41.5 Å². The monoisotopic (exact) mass is 283 g/mol. The van der Waals surface area contributed by atoms with Crippen LogP contribution in [-0.4, -0.2) is 29.9 Å². The number of ether oxygens (including phenoxy) is 1. The Bertz CT molecular complexity index is 300. The fourth-order valence-corrected chi connectivity index (χ4v) is 2.18. The van der Waals surface area contributed by atoms with E-state index >= 15 is 0 Å². The molecule has 0 saturated heterocycles. The van der Waals surface area contributed by atoms with E-state index in [1.807, 2.05) is 20.8 Å². The molecule has 0 amide bonds. The summed E-state index contributed by atoms with van der Waals surface area (Å²) < 4.78 is 17.4. The summed E-state index contributed by atoms with van der Waals surface area (Å²) in [4.78, 5) is 11.6. The third-order valence-electron chi connectivity index (χ3n) is 2.43. The SMILES string of the molecule is CC(C)OC(=O)[C@H](C)NP(C)(=O)C(C)(C)C.S. The van der Waals surface area contributed by atoms with Crippen molar-refractivity contribution in [1.82, 2.24) is 5.09 Å². The van der Waals surface area contributed by atoms with Crippen molar-refractivity contribution in [2.24, 2.45) is 0 Å². The quantitative estimate of drug-likeness (QED) is 0.636. The van der Waals surface area contributed by atoms with Gasteiger partial charge in [0.2, 0.25) is 0 Å². The summed E-state index contributed by atoms with van der Waals surface area (Å²) >= 11 is 0. The highest BCUT2D eigenvalue weighted by atomic mass is 32.1. The molecule has 1 unspecified atom stereocenters. The Morgan fingerprint density at radius 2 is 1.65 bits per heavy atom. The van der Waals surface area contributed by atoms with Gasteiger partial charge in [-0.25, -0.2) is 0 Å². The first-order chi connectivity index (χ1) is 6.97. The molecule has 0 fully saturated rings. The van der Waals surface area contributed by atoms with E-state index < -0.39 is 13.3 Å². The van der Waals surface area contributed by atoms with Crippen molar-refractivity contribution >= 4 is 26.8 Å². The Hall–Kier alpha value is 0.01000. The number of esters is 1. The third kappa shape index (κ3) is 6.49. The minimum absolute atomic E-state index is 0. The topological polar surface area (TPSA) is 55.4 Å². The van der Waals surface area contributed by atoms with Crippen molar-refractivity contribution in [3.05, 3.63) is 0 Å². The predicted molar refractivity (Wildman–Crippen MR) is 77.5 cm³/mol. The van der Waals surface area contributed by atoms with Gasteiger partial charge >= 0.3 is 5.97 Å². The zero-order valence-corrected chi connectivity index (χ0v) is 13.7. The van der Waals surface area contributed by atoms with Crippen LogP contribution in [0, 0.1) is 0 Å². The largest absolute Gasteiger partial charge is 0.462 e. The molecule has 0 aromatic heterocycles. The normalized spacial score (nSPS) is 16.9. The maximum absolute atomic E-state index is 12.3. The molecule has 0 rings (SSSR count). The number of carbonyl (C=O) groups excluding carboxylic acids is 1. The molecule has 1 N–H and O–H groups in total. The molecular formula is C11H26NO3PS. The molecule has 0 aromatic rings. The van der Waals surface area contributed by atoms with Gasteiger partial charge in [-0.15, -0.1) is 0 Å². The van der Waals surface area contributed by atoms with E-state index in [0.29, 0.717) is 0 Å². The predicted octanol–water partition coefficient (Wildman–Crippen LogP) is 2.74. The summed E-state index contributed by atoms with van der Waals surface area (Å²) in [5.41, 5.74) is 0. The van der Waals surface area contributed by atoms with Crippen LogP contribution in [0.4, 0.5) is 0 Å². The van der Waals surface area contributed by atoms with E-state index in [9.17, 15) is 9.36 Å². The Morgan fingerprint density at radius 3 is 1.94 bits per heavy atom. The lowest BCUT2D eigenvalue weighted by Crippen LogP contribution is -2.38. The first-order valence-electron chi connectivity index (χ1n) is 5.53. The van der Waals surface area contributed by atoms with Gasteiger partial charge in [-0.05, 0) is 20.8 Å². The number of hydrogen-bond acceptors (Lipinski definition) is 3. The van der Waals surface area contributed by atoms with Crippen molar-refractivity contribution in [2.45, 2.75) is 58.8 Å². The van der Waals surface area contributed by atoms with Crippen LogP contribution in [0.3, 0.4) is 0 Å². The van der Waals surface area contributed by atoms with Gasteiger partial charge in [-0.2, -0.15) is 13.5 Å². The van der Waals surface area contributed by atoms with Gasteiger partial charge in [0.1, 0.15) is 6.04 Å². The van der Waals surface area contributed by atoms with E-state index in [-0.39, 0.29) is 30.7 Å². The minimum Gasteiger partial charge on any atom is -0.462 e. The molecule has 0 aliphatic heterocycles. The Morgan fingerprint density at radius 1 is 1.24 bits per heavy atom. The number of carbonyl (C=O) groups is 1. The standard InChI is InChI=1S/C11H24NO3P.H2S/c1-8(2)15-10(13)9(3)12-16(7,14)11(4,5)6;/h8-9H,1-7H3,(H,12,14);1H2/t9-,16?;/m0./s1. The Balaban J connectivity index is 0. The fourth-order valence-electron chi connectivity index (χ4n) is 0.950. The van der Waals surface area contributed by atoms with Crippen molar-refractivity contribution in [3.63, 3.8) is 0 Å². The average molecular weight is 283 g/mol. The van der Waals surface area contributed by atoms with Crippen LogP contribution in [0.2, 0.25) is 0 Å². The summed E-state index contributed by atoms with van der Waals surface area (Å²) in [6.45, 7) is 12.6. The van der Waals surface area contributed by atoms with Crippen LogP contribution in [0.15, 0.2) is 0 Å². The number of rotatable bonds is 4. The molecular weight excluding hydrogens is 257 g/mol. The van der Waals surface area contributed by atoms with Gasteiger partial charge in [-0.1, -0.05) is 20.8 Å². The van der Waals surface area contributed by atoms with E-state index in [2.05, 4.69) is 5.09 Å². The molecule has 4 nitrogen and oxygen atoms in total. The van der Waals surface area contributed by atoms with Crippen molar-refractivity contribution in [1.29, 1.82) is 0 Å². The van der Waals surface area contributed by atoms with Crippen LogP contribution in [-0.2, 0) is 14.1 Å². The maximum atomic E-state index is 12.3. The van der Waals surface area contributed by atoms with Crippen molar-refractivity contribution in [2.75, 3.05) is 6.66 Å². The first-order valence-corrected chi connectivity index (χ1v) is 7.68. The summed E-state index contributed by atoms with van der Waals surface area (Å²) in [7, 11) is -2.58. The lowest BCUT2D eigenvalue weighted by Gasteiger charge is -2.30. The van der Waals surface area contributed by atoms with Crippen LogP contribution >= 0.6 is 20.8 Å². The molecule has 0 aliphatic rings. The van der Waals surface area contributed by atoms with Gasteiger partial charge in [0, 0.05) is 11.8 Å². The van der Waals surface area contributed by atoms with Gasteiger partial charge in [0.05, 0.1) is 6.10 Å². The maximum Gasteiger partial charge on any atom is 0.323 e. The van der Waals surface area contributed by atoms with Crippen LogP contribution < -0.4 is 5.09 Å². The lowest BCUT2D eigenvalue weighted by molar-refractivity contribution is -0.148. The summed E-state index contributed by atoms with van der Waals surface area (Å²) in [6, 6.07) is -0.544. The average Bonchev–Trinajstić information content (AvgIpc) is 1.99. The molecule has 6 heteroatoms. The second-order valence-electron chi connectivity index (χ2n) is 5.43. The second kappa shape index (κ2) is 6.81. The van der Waals surface area contributed by atoms with Crippen LogP contribution in [0.5, 0.6) is 0 Å². The number of nitrogens with one attached hydrogen (secondary N) is 1. The first kappa shape index (κ1) is 19.4. The molecule has 0 heterocycles. The zero-order chi connectivity index (χ0) is 13.1. The highest BCUT2D eigenvalue weighted by Crippen LogP contribution is 2.50. The molecule has 2 atom stereocenters. The highest BCUT2D eigenvalue weighted by molar-refractivity contribution is 7.62. The highest BCUT2D eigenvalue weighted by Gasteiger charge is 2.34. The molecule has 0 aliphatic carbocycles. The molecule has 0 radical (unpaired) electrons. The van der Waals surface area contributed by atoms with Gasteiger partial charge in [0.15, 0.2) is 7.29 Å². The van der Waals surface area contributed by atoms with Gasteiger partial charge in [0.25, 0.3) is 0 Å². The van der Waals surface area contributed by atoms with Crippen molar-refractivity contribution < 1.29 is 14.1 Å². The third-order valence-corrected chi connectivity index (χ3v) is 5.87. The summed E-state index contributed by atoms with van der Waals surface area (Å²) in [6.07, 6.45) is -0.150. The molecule has 104 valence electrons. The van der Waals surface area contributed by atoms with E-state index in [1.165, 1.54) is 0 Å². The fraction of sp³-hybridized carbons (Fsp3) is 0.909. The van der Waals surface area contributed by atoms with Gasteiger partial charge in [-0.3, -0.25) is 9.88 Å². The minimum atomic E-state index is -2.58. The van der Waals surface area contributed by atoms with Gasteiger partial charge < -0.3 is 9.30 Å². The van der Waals surface area contributed by atoms with Crippen molar-refractivity contribution in [3.8, 4) is 0 Å². The Kier molecular flexibility index (Phi) is 7.76. The molecule has 0 saturated carbocycles. The summed E-state index contributed by atoms with van der Waals surface area (Å²) in [5.74, 6) is -0.360. The number of hydrogen-bond donors (Lipinski definition) is 1. The molecule has 17 heavy (non-hydrogen) atoms. The van der Waals surface area contributed by atoms with Crippen LogP contribution in [0.25, 0.3) is 0 Å². The molecule has 0 bridgehead atoms. The lowest BCUT2D eigenvalue weighted by atomic mass is 10.3. The smallest absolute Gasteiger partial charge is 0.323 e. The molecule has 0 aromatic carbocycles. The second-order valence-corrected chi connectivity index (χ2v) is 8.88. The molecule has 0 spiro atoms.